The molecule has 1 aliphatic rings. The molecular weight excluding hydrogens is 244 g/mol. The van der Waals surface area contributed by atoms with Crippen LogP contribution in [0.1, 0.15) is 12.0 Å². The zero-order valence-electron chi connectivity index (χ0n) is 9.31. The zero-order chi connectivity index (χ0) is 12.6. The van der Waals surface area contributed by atoms with Crippen LogP contribution in [0.5, 0.6) is 5.75 Å². The molecule has 0 amide bonds. The molecular formula is C12H13ClO4. The van der Waals surface area contributed by atoms with E-state index < -0.39 is 11.4 Å². The quantitative estimate of drug-likeness (QED) is 0.860. The third kappa shape index (κ3) is 1.77. The van der Waals surface area contributed by atoms with E-state index in [1.165, 1.54) is 7.11 Å². The average molecular weight is 257 g/mol. The van der Waals surface area contributed by atoms with Gasteiger partial charge in [0.1, 0.15) is 11.2 Å². The van der Waals surface area contributed by atoms with Crippen molar-refractivity contribution in [2.45, 2.75) is 11.8 Å². The largest absolute Gasteiger partial charge is 0.496 e. The SMILES string of the molecule is COc1ccc(Cl)cc1C1(C(=O)O)CC1CO. The van der Waals surface area contributed by atoms with Gasteiger partial charge in [0.05, 0.1) is 7.11 Å². The molecule has 0 radical (unpaired) electrons. The van der Waals surface area contributed by atoms with Crippen LogP contribution >= 0.6 is 11.6 Å². The highest BCUT2D eigenvalue weighted by molar-refractivity contribution is 6.30. The van der Waals surface area contributed by atoms with Crippen LogP contribution in [0.4, 0.5) is 0 Å². The van der Waals surface area contributed by atoms with Crippen molar-refractivity contribution in [3.8, 4) is 5.75 Å². The molecule has 0 spiro atoms. The molecule has 0 aromatic heterocycles. The fourth-order valence-corrected chi connectivity index (χ4v) is 2.46. The summed E-state index contributed by atoms with van der Waals surface area (Å²) in [6, 6.07) is 4.90. The van der Waals surface area contributed by atoms with Crippen molar-refractivity contribution in [2.75, 3.05) is 13.7 Å². The number of carbonyl (C=O) groups is 1. The second-order valence-corrected chi connectivity index (χ2v) is 4.64. The lowest BCUT2D eigenvalue weighted by Crippen LogP contribution is -2.24. The van der Waals surface area contributed by atoms with Gasteiger partial charge in [0.15, 0.2) is 0 Å². The summed E-state index contributed by atoms with van der Waals surface area (Å²) in [5, 5.41) is 19.0. The first-order valence-corrected chi connectivity index (χ1v) is 5.62. The molecule has 17 heavy (non-hydrogen) atoms. The Balaban J connectivity index is 2.52. The predicted octanol–water partition coefficient (Wildman–Crippen LogP) is 1.68. The van der Waals surface area contributed by atoms with Crippen molar-refractivity contribution in [2.24, 2.45) is 5.92 Å². The van der Waals surface area contributed by atoms with Crippen LogP contribution in [0.2, 0.25) is 5.02 Å². The minimum Gasteiger partial charge on any atom is -0.496 e. The smallest absolute Gasteiger partial charge is 0.314 e. The number of rotatable bonds is 4. The number of methoxy groups -OCH3 is 1. The van der Waals surface area contributed by atoms with E-state index in [1.807, 2.05) is 0 Å². The van der Waals surface area contributed by atoms with Gasteiger partial charge in [-0.25, -0.2) is 0 Å². The molecule has 5 heteroatoms. The van der Waals surface area contributed by atoms with Gasteiger partial charge in [-0.15, -0.1) is 0 Å². The van der Waals surface area contributed by atoms with Crippen LogP contribution in [-0.2, 0) is 10.2 Å². The maximum Gasteiger partial charge on any atom is 0.314 e. The second-order valence-electron chi connectivity index (χ2n) is 4.20. The van der Waals surface area contributed by atoms with E-state index in [0.29, 0.717) is 22.8 Å². The molecule has 92 valence electrons. The maximum atomic E-state index is 11.4. The molecule has 2 unspecified atom stereocenters. The van der Waals surface area contributed by atoms with Gasteiger partial charge in [-0.3, -0.25) is 4.79 Å². The molecule has 1 aromatic rings. The summed E-state index contributed by atoms with van der Waals surface area (Å²) >= 11 is 5.89. The van der Waals surface area contributed by atoms with Crippen LogP contribution in [0.3, 0.4) is 0 Å². The minimum absolute atomic E-state index is 0.151. The lowest BCUT2D eigenvalue weighted by atomic mass is 9.92. The van der Waals surface area contributed by atoms with E-state index in [0.717, 1.165) is 0 Å². The number of aliphatic hydroxyl groups excluding tert-OH is 1. The highest BCUT2D eigenvalue weighted by atomic mass is 35.5. The van der Waals surface area contributed by atoms with E-state index >= 15 is 0 Å². The van der Waals surface area contributed by atoms with Gasteiger partial charge in [0.25, 0.3) is 0 Å². The maximum absolute atomic E-state index is 11.4. The summed E-state index contributed by atoms with van der Waals surface area (Å²) in [6.45, 7) is -0.151. The van der Waals surface area contributed by atoms with E-state index in [1.54, 1.807) is 18.2 Å². The Morgan fingerprint density at radius 2 is 2.35 bits per heavy atom. The predicted molar refractivity (Wildman–Crippen MR) is 62.5 cm³/mol. The number of ether oxygens (including phenoxy) is 1. The first-order chi connectivity index (χ1) is 8.06. The summed E-state index contributed by atoms with van der Waals surface area (Å²) < 4.78 is 5.17. The van der Waals surface area contributed by atoms with Gasteiger partial charge in [-0.2, -0.15) is 0 Å². The van der Waals surface area contributed by atoms with Gasteiger partial charge in [-0.05, 0) is 24.6 Å². The summed E-state index contributed by atoms with van der Waals surface area (Å²) in [4.78, 5) is 11.4. The minimum atomic E-state index is -1.05. The number of aliphatic hydroxyl groups is 1. The first kappa shape index (κ1) is 12.2. The number of hydrogen-bond acceptors (Lipinski definition) is 3. The number of halogens is 1. The second kappa shape index (κ2) is 4.20. The normalized spacial score (nSPS) is 26.6. The van der Waals surface area contributed by atoms with E-state index in [4.69, 9.17) is 21.4 Å². The Labute approximate surface area is 104 Å². The molecule has 0 bridgehead atoms. The first-order valence-electron chi connectivity index (χ1n) is 5.24. The summed E-state index contributed by atoms with van der Waals surface area (Å²) in [6.07, 6.45) is 0.412. The average Bonchev–Trinajstić information content (AvgIpc) is 3.04. The van der Waals surface area contributed by atoms with Crippen LogP contribution in [0.25, 0.3) is 0 Å². The van der Waals surface area contributed by atoms with Crippen molar-refractivity contribution in [1.82, 2.24) is 0 Å². The molecule has 1 fully saturated rings. The summed E-state index contributed by atoms with van der Waals surface area (Å²) in [5.74, 6) is -0.725. The summed E-state index contributed by atoms with van der Waals surface area (Å²) in [5.41, 5.74) is -0.510. The van der Waals surface area contributed by atoms with Gasteiger partial charge in [-0.1, -0.05) is 11.6 Å². The van der Waals surface area contributed by atoms with Crippen LogP contribution in [-0.4, -0.2) is 29.9 Å². The molecule has 1 aliphatic carbocycles. The van der Waals surface area contributed by atoms with Gasteiger partial charge < -0.3 is 14.9 Å². The topological polar surface area (TPSA) is 66.8 Å². The fourth-order valence-electron chi connectivity index (χ4n) is 2.29. The van der Waals surface area contributed by atoms with Crippen molar-refractivity contribution in [3.05, 3.63) is 28.8 Å². The Kier molecular flexibility index (Phi) is 3.02. The van der Waals surface area contributed by atoms with E-state index in [-0.39, 0.29) is 12.5 Å². The zero-order valence-corrected chi connectivity index (χ0v) is 10.1. The number of carboxylic acids is 1. The Morgan fingerprint density at radius 1 is 1.65 bits per heavy atom. The van der Waals surface area contributed by atoms with Crippen molar-refractivity contribution < 1.29 is 19.7 Å². The summed E-state index contributed by atoms with van der Waals surface area (Å²) in [7, 11) is 1.48. The Morgan fingerprint density at radius 3 is 2.82 bits per heavy atom. The lowest BCUT2D eigenvalue weighted by Gasteiger charge is -2.16. The standard InChI is InChI=1S/C12H13ClO4/c1-17-10-3-2-8(13)4-9(10)12(11(15)16)5-7(12)6-14/h2-4,7,14H,5-6H2,1H3,(H,15,16). The molecule has 4 nitrogen and oxygen atoms in total. The molecule has 0 saturated heterocycles. The highest BCUT2D eigenvalue weighted by Crippen LogP contribution is 2.57. The van der Waals surface area contributed by atoms with Gasteiger partial charge in [0, 0.05) is 23.1 Å². The number of carboxylic acid groups (broad SMARTS) is 1. The third-order valence-electron chi connectivity index (χ3n) is 3.35. The highest BCUT2D eigenvalue weighted by Gasteiger charge is 2.62. The van der Waals surface area contributed by atoms with Gasteiger partial charge >= 0.3 is 5.97 Å². The molecule has 2 atom stereocenters. The number of hydrogen-bond donors (Lipinski definition) is 2. The molecule has 1 aromatic carbocycles. The fraction of sp³-hybridized carbons (Fsp3) is 0.417. The monoisotopic (exact) mass is 256 g/mol. The van der Waals surface area contributed by atoms with E-state index in [9.17, 15) is 9.90 Å². The molecule has 2 rings (SSSR count). The Bertz CT molecular complexity index is 460. The van der Waals surface area contributed by atoms with Crippen molar-refractivity contribution in [3.63, 3.8) is 0 Å². The lowest BCUT2D eigenvalue weighted by molar-refractivity contribution is -0.140. The van der Waals surface area contributed by atoms with Gasteiger partial charge in [0.2, 0.25) is 0 Å². The molecule has 0 heterocycles. The molecule has 1 saturated carbocycles. The number of aliphatic carboxylic acids is 1. The van der Waals surface area contributed by atoms with E-state index in [2.05, 4.69) is 0 Å². The van der Waals surface area contributed by atoms with Crippen molar-refractivity contribution >= 4 is 17.6 Å². The third-order valence-corrected chi connectivity index (χ3v) is 3.58. The number of benzene rings is 1. The van der Waals surface area contributed by atoms with Crippen LogP contribution < -0.4 is 4.74 Å². The van der Waals surface area contributed by atoms with Crippen molar-refractivity contribution in [1.29, 1.82) is 0 Å². The van der Waals surface area contributed by atoms with Crippen LogP contribution in [0, 0.1) is 5.92 Å². The molecule has 0 aliphatic heterocycles. The van der Waals surface area contributed by atoms with Crippen LogP contribution in [0.15, 0.2) is 18.2 Å². The Hall–Kier alpha value is -1.26. The molecule has 2 N–H and O–H groups in total.